The molecule has 2 aromatic carbocycles. The van der Waals surface area contributed by atoms with E-state index < -0.39 is 0 Å². The molecule has 5 rings (SSSR count). The van der Waals surface area contributed by atoms with Gasteiger partial charge in [-0.05, 0) is 72.4 Å². The van der Waals surface area contributed by atoms with Crippen LogP contribution in [0.4, 0.5) is 16.0 Å². The van der Waals surface area contributed by atoms with Crippen molar-refractivity contribution < 1.29 is 4.39 Å². The first-order chi connectivity index (χ1) is 15.2. The standard InChI is InChI=1S/C23H24FN7/c1-15-13-18-21(14-19(15)24)27-20-10-6-5-9-17(20)22(18)25-11-12-26-23-28-29-30-31(23)16-7-3-2-4-8-16/h2-4,7-8,13-14H,5-6,9-12H2,1H3,(H,25,27)(H,26,28,30). The number of para-hydroxylation sites is 1. The van der Waals surface area contributed by atoms with Crippen molar-refractivity contribution in [3.63, 3.8) is 0 Å². The molecule has 8 heteroatoms. The zero-order chi connectivity index (χ0) is 21.2. The van der Waals surface area contributed by atoms with Crippen molar-refractivity contribution in [3.8, 4) is 5.69 Å². The van der Waals surface area contributed by atoms with E-state index in [1.54, 1.807) is 17.7 Å². The number of pyridine rings is 1. The lowest BCUT2D eigenvalue weighted by Crippen LogP contribution is -2.18. The summed E-state index contributed by atoms with van der Waals surface area (Å²) in [6.45, 7) is 3.10. The molecule has 0 amide bonds. The Morgan fingerprint density at radius 3 is 2.71 bits per heavy atom. The molecular weight excluding hydrogens is 393 g/mol. The van der Waals surface area contributed by atoms with E-state index in [4.69, 9.17) is 4.98 Å². The van der Waals surface area contributed by atoms with E-state index in [1.165, 1.54) is 5.56 Å². The van der Waals surface area contributed by atoms with Gasteiger partial charge in [0.15, 0.2) is 0 Å². The van der Waals surface area contributed by atoms with Gasteiger partial charge in [0.2, 0.25) is 5.95 Å². The topological polar surface area (TPSA) is 80.5 Å². The highest BCUT2D eigenvalue weighted by Crippen LogP contribution is 2.34. The average molecular weight is 417 g/mol. The van der Waals surface area contributed by atoms with Crippen molar-refractivity contribution in [1.29, 1.82) is 0 Å². The summed E-state index contributed by atoms with van der Waals surface area (Å²) >= 11 is 0. The third-order valence-corrected chi connectivity index (χ3v) is 5.72. The number of hydrogen-bond acceptors (Lipinski definition) is 6. The van der Waals surface area contributed by atoms with E-state index in [0.717, 1.165) is 48.1 Å². The fourth-order valence-electron chi connectivity index (χ4n) is 4.16. The Morgan fingerprint density at radius 1 is 1.03 bits per heavy atom. The molecule has 1 aliphatic rings. The molecule has 31 heavy (non-hydrogen) atoms. The van der Waals surface area contributed by atoms with Gasteiger partial charge in [-0.2, -0.15) is 4.68 Å². The van der Waals surface area contributed by atoms with Gasteiger partial charge in [0.05, 0.1) is 11.2 Å². The number of fused-ring (bicyclic) bond motifs is 2. The third-order valence-electron chi connectivity index (χ3n) is 5.72. The second-order valence-electron chi connectivity index (χ2n) is 7.84. The lowest BCUT2D eigenvalue weighted by Gasteiger charge is -2.22. The Labute approximate surface area is 179 Å². The number of anilines is 2. The quantitative estimate of drug-likeness (QED) is 0.461. The summed E-state index contributed by atoms with van der Waals surface area (Å²) in [7, 11) is 0. The van der Waals surface area contributed by atoms with Gasteiger partial charge >= 0.3 is 0 Å². The van der Waals surface area contributed by atoms with Gasteiger partial charge in [0, 0.05) is 35.9 Å². The van der Waals surface area contributed by atoms with Crippen LogP contribution in [0, 0.1) is 12.7 Å². The van der Waals surface area contributed by atoms with Crippen LogP contribution < -0.4 is 10.6 Å². The molecule has 2 heterocycles. The van der Waals surface area contributed by atoms with E-state index in [2.05, 4.69) is 26.2 Å². The van der Waals surface area contributed by atoms with Crippen molar-refractivity contribution in [2.75, 3.05) is 23.7 Å². The molecule has 0 bridgehead atoms. The van der Waals surface area contributed by atoms with E-state index in [-0.39, 0.29) is 5.82 Å². The largest absolute Gasteiger partial charge is 0.382 e. The highest BCUT2D eigenvalue weighted by Gasteiger charge is 2.19. The Balaban J connectivity index is 1.36. The monoisotopic (exact) mass is 417 g/mol. The minimum Gasteiger partial charge on any atom is -0.382 e. The molecule has 0 unspecified atom stereocenters. The lowest BCUT2D eigenvalue weighted by atomic mass is 9.92. The third kappa shape index (κ3) is 3.81. The Morgan fingerprint density at radius 2 is 1.84 bits per heavy atom. The molecule has 2 N–H and O–H groups in total. The predicted octanol–water partition coefficient (Wildman–Crippen LogP) is 4.06. The molecule has 0 spiro atoms. The molecule has 158 valence electrons. The predicted molar refractivity (Wildman–Crippen MR) is 119 cm³/mol. The summed E-state index contributed by atoms with van der Waals surface area (Å²) in [6.07, 6.45) is 4.22. The number of rotatable bonds is 6. The molecule has 7 nitrogen and oxygen atoms in total. The maximum absolute atomic E-state index is 14.2. The van der Waals surface area contributed by atoms with E-state index in [1.807, 2.05) is 36.4 Å². The fourth-order valence-corrected chi connectivity index (χ4v) is 4.16. The summed E-state index contributed by atoms with van der Waals surface area (Å²) in [6, 6.07) is 13.2. The van der Waals surface area contributed by atoms with Crippen LogP contribution in [0.1, 0.15) is 29.7 Å². The zero-order valence-electron chi connectivity index (χ0n) is 17.4. The summed E-state index contributed by atoms with van der Waals surface area (Å²) in [5.41, 5.74) is 5.67. The average Bonchev–Trinajstić information content (AvgIpc) is 3.26. The molecule has 2 aromatic heterocycles. The number of hydrogen-bond donors (Lipinski definition) is 2. The molecule has 0 radical (unpaired) electrons. The summed E-state index contributed by atoms with van der Waals surface area (Å²) in [4.78, 5) is 4.77. The molecule has 0 aliphatic heterocycles. The van der Waals surface area contributed by atoms with E-state index in [0.29, 0.717) is 30.1 Å². The highest BCUT2D eigenvalue weighted by atomic mass is 19.1. The first kappa shape index (κ1) is 19.4. The van der Waals surface area contributed by atoms with Crippen LogP contribution >= 0.6 is 0 Å². The van der Waals surface area contributed by atoms with Crippen LogP contribution in [0.25, 0.3) is 16.6 Å². The van der Waals surface area contributed by atoms with Gasteiger partial charge in [-0.1, -0.05) is 23.3 Å². The van der Waals surface area contributed by atoms with Gasteiger partial charge in [-0.15, -0.1) is 0 Å². The van der Waals surface area contributed by atoms with E-state index >= 15 is 0 Å². The maximum atomic E-state index is 14.2. The minimum atomic E-state index is -0.212. The molecule has 1 aliphatic carbocycles. The molecule has 0 saturated carbocycles. The first-order valence-corrected chi connectivity index (χ1v) is 10.6. The highest BCUT2D eigenvalue weighted by molar-refractivity contribution is 5.94. The number of aryl methyl sites for hydroxylation is 2. The molecular formula is C23H24FN7. The molecule has 0 atom stereocenters. The van der Waals surface area contributed by atoms with Gasteiger partial charge in [-0.3, -0.25) is 4.98 Å². The van der Waals surface area contributed by atoms with Crippen molar-refractivity contribution in [3.05, 3.63) is 65.1 Å². The van der Waals surface area contributed by atoms with Gasteiger partial charge < -0.3 is 10.6 Å². The Kier molecular flexibility index (Phi) is 5.19. The molecule has 4 aromatic rings. The van der Waals surface area contributed by atoms with Crippen LogP contribution in [0.2, 0.25) is 0 Å². The second-order valence-corrected chi connectivity index (χ2v) is 7.84. The molecule has 0 fully saturated rings. The fraction of sp³-hybridized carbons (Fsp3) is 0.304. The number of halogens is 1. The Bertz CT molecular complexity index is 1220. The Hall–Kier alpha value is -3.55. The number of tetrazole rings is 1. The number of aromatic nitrogens is 5. The maximum Gasteiger partial charge on any atom is 0.247 e. The smallest absolute Gasteiger partial charge is 0.247 e. The van der Waals surface area contributed by atoms with Crippen molar-refractivity contribution in [2.45, 2.75) is 32.6 Å². The van der Waals surface area contributed by atoms with Crippen LogP contribution in [-0.2, 0) is 12.8 Å². The lowest BCUT2D eigenvalue weighted by molar-refractivity contribution is 0.619. The normalized spacial score (nSPS) is 13.2. The van der Waals surface area contributed by atoms with Gasteiger partial charge in [0.1, 0.15) is 5.82 Å². The van der Waals surface area contributed by atoms with Crippen LogP contribution in [0.3, 0.4) is 0 Å². The van der Waals surface area contributed by atoms with Crippen LogP contribution in [-0.4, -0.2) is 38.3 Å². The SMILES string of the molecule is Cc1cc2c(NCCNc3nnnn3-c3ccccc3)c3c(nc2cc1F)CCCC3. The zero-order valence-corrected chi connectivity index (χ0v) is 17.4. The summed E-state index contributed by atoms with van der Waals surface area (Å²) in [5, 5.41) is 19.8. The van der Waals surface area contributed by atoms with Gasteiger partial charge in [0.25, 0.3) is 0 Å². The second kappa shape index (κ2) is 8.29. The van der Waals surface area contributed by atoms with Crippen LogP contribution in [0.5, 0.6) is 0 Å². The summed E-state index contributed by atoms with van der Waals surface area (Å²) in [5.74, 6) is 0.378. The van der Waals surface area contributed by atoms with Crippen molar-refractivity contribution in [1.82, 2.24) is 25.2 Å². The van der Waals surface area contributed by atoms with Gasteiger partial charge in [-0.25, -0.2) is 4.39 Å². The first-order valence-electron chi connectivity index (χ1n) is 10.6. The number of nitrogens with one attached hydrogen (secondary N) is 2. The minimum absolute atomic E-state index is 0.212. The van der Waals surface area contributed by atoms with Crippen molar-refractivity contribution >= 4 is 22.5 Å². The van der Waals surface area contributed by atoms with Crippen LogP contribution in [0.15, 0.2) is 42.5 Å². The van der Waals surface area contributed by atoms with Crippen molar-refractivity contribution in [2.24, 2.45) is 0 Å². The van der Waals surface area contributed by atoms with E-state index in [9.17, 15) is 4.39 Å². The number of benzene rings is 2. The molecule has 0 saturated heterocycles. The number of nitrogens with zero attached hydrogens (tertiary/aromatic N) is 5. The summed E-state index contributed by atoms with van der Waals surface area (Å²) < 4.78 is 15.8.